The van der Waals surface area contributed by atoms with E-state index in [9.17, 15) is 0 Å². The molecule has 3 aromatic carbocycles. The Morgan fingerprint density at radius 2 is 1.38 bits per heavy atom. The van der Waals surface area contributed by atoms with E-state index in [1.54, 1.807) is 0 Å². The van der Waals surface area contributed by atoms with E-state index in [-0.39, 0.29) is 49.4 Å². The molecule has 0 bridgehead atoms. The van der Waals surface area contributed by atoms with Gasteiger partial charge in [-0.1, -0.05) is 48.5 Å². The van der Waals surface area contributed by atoms with Crippen LogP contribution in [0.2, 0.25) is 0 Å². The molecule has 0 amide bonds. The van der Waals surface area contributed by atoms with E-state index >= 15 is 0 Å². The summed E-state index contributed by atoms with van der Waals surface area (Å²) in [4.78, 5) is 0. The molecule has 0 aliphatic heterocycles. The first kappa shape index (κ1) is 12.0. The van der Waals surface area contributed by atoms with Crippen molar-refractivity contribution in [2.45, 2.75) is 0 Å². The predicted molar refractivity (Wildman–Crippen MR) is 65.9 cm³/mol. The molecule has 0 radical (unpaired) electrons. The van der Waals surface area contributed by atoms with Crippen LogP contribution in [0.1, 0.15) is 0 Å². The first-order valence-corrected chi connectivity index (χ1v) is 5.02. The molecule has 2 N–H and O–H groups in total. The van der Waals surface area contributed by atoms with Gasteiger partial charge < -0.3 is 5.73 Å². The maximum absolute atomic E-state index is 6.02. The summed E-state index contributed by atoms with van der Waals surface area (Å²) in [5.74, 6) is 0. The molecule has 76 valence electrons. The molecule has 3 rings (SSSR count). The summed E-state index contributed by atoms with van der Waals surface area (Å²) < 4.78 is 0. The van der Waals surface area contributed by atoms with Crippen molar-refractivity contribution in [3.63, 3.8) is 0 Å². The number of anilines is 1. The molecule has 0 saturated carbocycles. The van der Waals surface area contributed by atoms with Crippen molar-refractivity contribution in [1.29, 1.82) is 0 Å². The zero-order valence-electron chi connectivity index (χ0n) is 8.65. The topological polar surface area (TPSA) is 26.0 Å². The molecule has 0 atom stereocenters. The van der Waals surface area contributed by atoms with Gasteiger partial charge in [0.05, 0.1) is 0 Å². The third-order valence-electron chi connectivity index (χ3n) is 2.80. The fourth-order valence-electron chi connectivity index (χ4n) is 2.09. The molecule has 0 aromatic heterocycles. The molecule has 16 heavy (non-hydrogen) atoms. The van der Waals surface area contributed by atoms with Crippen LogP contribution in [0.3, 0.4) is 0 Å². The van der Waals surface area contributed by atoms with E-state index in [4.69, 9.17) is 5.73 Å². The fraction of sp³-hybridized carbons (Fsp3) is 0. The standard InChI is InChI=1S/C14H11N.Eu/c15-13-7-3-5-11-9-8-10-4-1-2-6-12(10)14(11)13;/h1-9H,15H2;/q;+3. The van der Waals surface area contributed by atoms with Crippen LogP contribution in [0.5, 0.6) is 0 Å². The van der Waals surface area contributed by atoms with E-state index in [1.165, 1.54) is 16.2 Å². The molecule has 0 aliphatic carbocycles. The molecular weight excluding hydrogens is 334 g/mol. The summed E-state index contributed by atoms with van der Waals surface area (Å²) in [6.45, 7) is 0. The first-order chi connectivity index (χ1) is 7.36. The molecular formula is C14H11EuN+3. The minimum atomic E-state index is 0. The molecule has 0 spiro atoms. The third-order valence-corrected chi connectivity index (χ3v) is 2.80. The van der Waals surface area contributed by atoms with E-state index < -0.39 is 0 Å². The van der Waals surface area contributed by atoms with Gasteiger partial charge in [0.25, 0.3) is 0 Å². The zero-order chi connectivity index (χ0) is 10.3. The van der Waals surface area contributed by atoms with Gasteiger partial charge in [0, 0.05) is 11.1 Å². The Hall–Kier alpha value is -0.436. The van der Waals surface area contributed by atoms with Crippen LogP contribution in [0.25, 0.3) is 21.5 Å². The average molecular weight is 345 g/mol. The van der Waals surface area contributed by atoms with Crippen molar-refractivity contribution >= 4 is 27.2 Å². The summed E-state index contributed by atoms with van der Waals surface area (Å²) in [6, 6.07) is 18.6. The maximum Gasteiger partial charge on any atom is 3.00 e. The summed E-state index contributed by atoms with van der Waals surface area (Å²) in [6.07, 6.45) is 0. The summed E-state index contributed by atoms with van der Waals surface area (Å²) in [7, 11) is 0. The predicted octanol–water partition coefficient (Wildman–Crippen LogP) is 3.58. The van der Waals surface area contributed by atoms with Crippen LogP contribution in [0.4, 0.5) is 5.69 Å². The fourth-order valence-corrected chi connectivity index (χ4v) is 2.09. The van der Waals surface area contributed by atoms with Crippen LogP contribution in [-0.4, -0.2) is 0 Å². The van der Waals surface area contributed by atoms with Gasteiger partial charge in [-0.05, 0) is 22.2 Å². The van der Waals surface area contributed by atoms with Crippen molar-refractivity contribution in [3.05, 3.63) is 54.6 Å². The molecule has 0 heterocycles. The van der Waals surface area contributed by atoms with Crippen LogP contribution >= 0.6 is 0 Å². The summed E-state index contributed by atoms with van der Waals surface area (Å²) in [5, 5.41) is 4.83. The summed E-state index contributed by atoms with van der Waals surface area (Å²) in [5.41, 5.74) is 6.87. The van der Waals surface area contributed by atoms with Crippen LogP contribution in [0, 0.1) is 49.4 Å². The van der Waals surface area contributed by atoms with E-state index in [2.05, 4.69) is 30.3 Å². The van der Waals surface area contributed by atoms with Gasteiger partial charge in [-0.25, -0.2) is 0 Å². The van der Waals surface area contributed by atoms with Crippen molar-refractivity contribution in [2.75, 3.05) is 5.73 Å². The quantitative estimate of drug-likeness (QED) is 0.489. The zero-order valence-corrected chi connectivity index (χ0v) is 11.1. The smallest absolute Gasteiger partial charge is 0.398 e. The molecule has 0 saturated heterocycles. The number of rotatable bonds is 0. The second-order valence-corrected chi connectivity index (χ2v) is 3.73. The minimum Gasteiger partial charge on any atom is -0.398 e. The third kappa shape index (κ3) is 1.90. The van der Waals surface area contributed by atoms with Gasteiger partial charge in [0.1, 0.15) is 0 Å². The van der Waals surface area contributed by atoms with Crippen molar-refractivity contribution in [3.8, 4) is 0 Å². The second-order valence-electron chi connectivity index (χ2n) is 3.73. The molecule has 3 aromatic rings. The number of nitrogen functional groups attached to an aromatic ring is 1. The van der Waals surface area contributed by atoms with Gasteiger partial charge in [-0.2, -0.15) is 0 Å². The van der Waals surface area contributed by atoms with Crippen LogP contribution in [-0.2, 0) is 0 Å². The Kier molecular flexibility index (Phi) is 3.63. The molecule has 0 aliphatic rings. The Morgan fingerprint density at radius 1 is 0.688 bits per heavy atom. The van der Waals surface area contributed by atoms with Gasteiger partial charge in [0.15, 0.2) is 0 Å². The van der Waals surface area contributed by atoms with Gasteiger partial charge in [0.2, 0.25) is 0 Å². The van der Waals surface area contributed by atoms with Crippen molar-refractivity contribution in [1.82, 2.24) is 0 Å². The Bertz CT molecular complexity index is 646. The maximum atomic E-state index is 6.02. The van der Waals surface area contributed by atoms with Crippen molar-refractivity contribution < 1.29 is 49.4 Å². The molecule has 1 nitrogen and oxygen atoms in total. The summed E-state index contributed by atoms with van der Waals surface area (Å²) >= 11 is 0. The number of hydrogen-bond donors (Lipinski definition) is 1. The average Bonchev–Trinajstić information content (AvgIpc) is 2.29. The SMILES string of the molecule is Nc1cccc2ccc3ccccc3c12.[Eu+3]. The first-order valence-electron chi connectivity index (χ1n) is 5.02. The normalized spacial score (nSPS) is 10.2. The number of fused-ring (bicyclic) bond motifs is 3. The monoisotopic (exact) mass is 346 g/mol. The van der Waals surface area contributed by atoms with Crippen LogP contribution in [0.15, 0.2) is 54.6 Å². The van der Waals surface area contributed by atoms with E-state index in [1.807, 2.05) is 24.3 Å². The van der Waals surface area contributed by atoms with E-state index in [0.717, 1.165) is 11.1 Å². The largest absolute Gasteiger partial charge is 3.00 e. The van der Waals surface area contributed by atoms with Gasteiger partial charge in [-0.3, -0.25) is 0 Å². The molecule has 0 unspecified atom stereocenters. The Balaban J connectivity index is 0.000000963. The van der Waals surface area contributed by atoms with Gasteiger partial charge in [-0.15, -0.1) is 0 Å². The number of benzene rings is 3. The van der Waals surface area contributed by atoms with E-state index in [0.29, 0.717) is 0 Å². The second kappa shape index (κ2) is 4.83. The molecule has 0 fully saturated rings. The Morgan fingerprint density at radius 3 is 2.25 bits per heavy atom. The van der Waals surface area contributed by atoms with Gasteiger partial charge >= 0.3 is 49.4 Å². The number of nitrogens with two attached hydrogens (primary N) is 1. The number of hydrogen-bond acceptors (Lipinski definition) is 1. The van der Waals surface area contributed by atoms with Crippen molar-refractivity contribution in [2.24, 2.45) is 0 Å². The Labute approximate surface area is 135 Å². The van der Waals surface area contributed by atoms with Crippen LogP contribution < -0.4 is 5.73 Å². The minimum absolute atomic E-state index is 0. The molecule has 2 heteroatoms.